The molecule has 0 aliphatic carbocycles. The standard InChI is InChI=1S/C15H16BrClN4/c16-11-8-14(18)15(19-10-11)21-6-4-20(5-7-21)13-3-1-2-12(17)9-13/h1-3,8-10H,4-7,18H2. The van der Waals surface area contributed by atoms with Crippen LogP contribution >= 0.6 is 27.5 Å². The van der Waals surface area contributed by atoms with Crippen molar-refractivity contribution in [1.29, 1.82) is 0 Å². The maximum Gasteiger partial charge on any atom is 0.151 e. The molecule has 1 aliphatic rings. The fraction of sp³-hybridized carbons (Fsp3) is 0.267. The van der Waals surface area contributed by atoms with Crippen LogP contribution in [0.5, 0.6) is 0 Å². The van der Waals surface area contributed by atoms with Crippen LogP contribution < -0.4 is 15.5 Å². The van der Waals surface area contributed by atoms with Crippen molar-refractivity contribution in [2.24, 2.45) is 0 Å². The van der Waals surface area contributed by atoms with Crippen molar-refractivity contribution in [3.8, 4) is 0 Å². The van der Waals surface area contributed by atoms with Crippen LogP contribution in [-0.2, 0) is 0 Å². The highest BCUT2D eigenvalue weighted by atomic mass is 79.9. The second-order valence-corrected chi connectivity index (χ2v) is 6.37. The average molecular weight is 368 g/mol. The van der Waals surface area contributed by atoms with E-state index >= 15 is 0 Å². The van der Waals surface area contributed by atoms with Gasteiger partial charge >= 0.3 is 0 Å². The van der Waals surface area contributed by atoms with E-state index in [9.17, 15) is 0 Å². The van der Waals surface area contributed by atoms with Gasteiger partial charge in [0.25, 0.3) is 0 Å². The molecule has 1 aromatic carbocycles. The first-order valence-electron chi connectivity index (χ1n) is 6.80. The summed E-state index contributed by atoms with van der Waals surface area (Å²) in [6, 6.07) is 9.87. The lowest BCUT2D eigenvalue weighted by atomic mass is 10.2. The minimum atomic E-state index is 0.709. The smallest absolute Gasteiger partial charge is 0.151 e. The molecule has 21 heavy (non-hydrogen) atoms. The van der Waals surface area contributed by atoms with E-state index in [-0.39, 0.29) is 0 Å². The third-order valence-electron chi connectivity index (χ3n) is 3.61. The summed E-state index contributed by atoms with van der Waals surface area (Å²) < 4.78 is 0.904. The largest absolute Gasteiger partial charge is 0.396 e. The second-order valence-electron chi connectivity index (χ2n) is 5.02. The molecular weight excluding hydrogens is 352 g/mol. The summed E-state index contributed by atoms with van der Waals surface area (Å²) in [5.74, 6) is 0.865. The Morgan fingerprint density at radius 3 is 2.48 bits per heavy atom. The highest BCUT2D eigenvalue weighted by Gasteiger charge is 2.20. The molecule has 6 heteroatoms. The molecule has 1 aromatic heterocycles. The van der Waals surface area contributed by atoms with Crippen molar-refractivity contribution in [3.63, 3.8) is 0 Å². The number of rotatable bonds is 2. The molecule has 1 aliphatic heterocycles. The molecule has 0 saturated carbocycles. The molecule has 2 N–H and O–H groups in total. The third-order valence-corrected chi connectivity index (χ3v) is 4.28. The minimum Gasteiger partial charge on any atom is -0.396 e. The summed E-state index contributed by atoms with van der Waals surface area (Å²) in [5.41, 5.74) is 7.93. The Hall–Kier alpha value is -1.46. The van der Waals surface area contributed by atoms with Gasteiger partial charge in [-0.15, -0.1) is 0 Å². The minimum absolute atomic E-state index is 0.709. The van der Waals surface area contributed by atoms with Gasteiger partial charge in [0.15, 0.2) is 5.82 Å². The number of nitrogens with zero attached hydrogens (tertiary/aromatic N) is 3. The number of pyridine rings is 1. The quantitative estimate of drug-likeness (QED) is 0.883. The van der Waals surface area contributed by atoms with Gasteiger partial charge in [-0.05, 0) is 40.2 Å². The van der Waals surface area contributed by atoms with E-state index in [4.69, 9.17) is 17.3 Å². The molecule has 4 nitrogen and oxygen atoms in total. The fourth-order valence-corrected chi connectivity index (χ4v) is 3.09. The molecule has 110 valence electrons. The van der Waals surface area contributed by atoms with Gasteiger partial charge in [0.2, 0.25) is 0 Å². The van der Waals surface area contributed by atoms with Crippen LogP contribution in [0.1, 0.15) is 0 Å². The van der Waals surface area contributed by atoms with Gasteiger partial charge in [-0.25, -0.2) is 4.98 Å². The van der Waals surface area contributed by atoms with E-state index in [2.05, 4.69) is 36.8 Å². The zero-order valence-electron chi connectivity index (χ0n) is 11.5. The SMILES string of the molecule is Nc1cc(Br)cnc1N1CCN(c2cccc(Cl)c2)CC1. The van der Waals surface area contributed by atoms with Crippen LogP contribution in [0.3, 0.4) is 0 Å². The normalized spacial score (nSPS) is 15.3. The summed E-state index contributed by atoms with van der Waals surface area (Å²) >= 11 is 9.44. The van der Waals surface area contributed by atoms with E-state index in [0.29, 0.717) is 5.69 Å². The summed E-state index contributed by atoms with van der Waals surface area (Å²) in [6.45, 7) is 3.64. The van der Waals surface area contributed by atoms with E-state index in [1.54, 1.807) is 6.20 Å². The molecule has 2 aromatic rings. The summed E-state index contributed by atoms with van der Waals surface area (Å²) in [6.07, 6.45) is 1.79. The van der Waals surface area contributed by atoms with Gasteiger partial charge in [0, 0.05) is 47.6 Å². The Kier molecular flexibility index (Phi) is 4.22. The molecular formula is C15H16BrClN4. The Morgan fingerprint density at radius 2 is 1.81 bits per heavy atom. The van der Waals surface area contributed by atoms with Gasteiger partial charge < -0.3 is 15.5 Å². The van der Waals surface area contributed by atoms with E-state index in [1.807, 2.05) is 24.3 Å². The van der Waals surface area contributed by atoms with Crippen LogP contribution in [0.4, 0.5) is 17.2 Å². The van der Waals surface area contributed by atoms with Crippen molar-refractivity contribution in [3.05, 3.63) is 46.0 Å². The summed E-state index contributed by atoms with van der Waals surface area (Å²) in [5, 5.41) is 0.772. The monoisotopic (exact) mass is 366 g/mol. The molecule has 0 unspecified atom stereocenters. The van der Waals surface area contributed by atoms with Crippen molar-refractivity contribution >= 4 is 44.7 Å². The number of aromatic nitrogens is 1. The molecule has 0 bridgehead atoms. The van der Waals surface area contributed by atoms with E-state index < -0.39 is 0 Å². The average Bonchev–Trinajstić information content (AvgIpc) is 2.47. The van der Waals surface area contributed by atoms with Crippen LogP contribution in [0.15, 0.2) is 41.0 Å². The first-order valence-corrected chi connectivity index (χ1v) is 7.97. The van der Waals surface area contributed by atoms with Crippen molar-refractivity contribution in [2.75, 3.05) is 41.7 Å². The molecule has 0 amide bonds. The van der Waals surface area contributed by atoms with Gasteiger partial charge in [0.1, 0.15) is 0 Å². The summed E-state index contributed by atoms with van der Waals surface area (Å²) in [4.78, 5) is 8.98. The number of piperazine rings is 1. The maximum atomic E-state index is 6.06. The van der Waals surface area contributed by atoms with Gasteiger partial charge in [-0.1, -0.05) is 17.7 Å². The number of hydrogen-bond donors (Lipinski definition) is 1. The van der Waals surface area contributed by atoms with Crippen LogP contribution in [0.25, 0.3) is 0 Å². The lowest BCUT2D eigenvalue weighted by molar-refractivity contribution is 0.648. The van der Waals surface area contributed by atoms with Crippen LogP contribution in [0, 0.1) is 0 Å². The van der Waals surface area contributed by atoms with Crippen LogP contribution in [0.2, 0.25) is 5.02 Å². The van der Waals surface area contributed by atoms with Gasteiger partial charge in [0.05, 0.1) is 5.69 Å². The number of nitrogen functional groups attached to an aromatic ring is 1. The Bertz CT molecular complexity index is 641. The second kappa shape index (κ2) is 6.12. The lowest BCUT2D eigenvalue weighted by Crippen LogP contribution is -2.47. The van der Waals surface area contributed by atoms with Crippen LogP contribution in [-0.4, -0.2) is 31.2 Å². The highest BCUT2D eigenvalue weighted by Crippen LogP contribution is 2.26. The first-order chi connectivity index (χ1) is 10.1. The Morgan fingerprint density at radius 1 is 1.10 bits per heavy atom. The predicted octanol–water partition coefficient (Wildman–Crippen LogP) is 3.41. The summed E-state index contributed by atoms with van der Waals surface area (Å²) in [7, 11) is 0. The molecule has 2 heterocycles. The fourth-order valence-electron chi connectivity index (χ4n) is 2.56. The number of halogens is 2. The van der Waals surface area contributed by atoms with Gasteiger partial charge in [-0.3, -0.25) is 0 Å². The first kappa shape index (κ1) is 14.5. The van der Waals surface area contributed by atoms with E-state index in [1.165, 1.54) is 5.69 Å². The molecule has 1 saturated heterocycles. The Balaban J connectivity index is 1.70. The third kappa shape index (κ3) is 3.24. The van der Waals surface area contributed by atoms with Crippen molar-refractivity contribution in [2.45, 2.75) is 0 Å². The molecule has 0 radical (unpaired) electrons. The molecule has 0 atom stereocenters. The zero-order valence-corrected chi connectivity index (χ0v) is 13.8. The van der Waals surface area contributed by atoms with E-state index in [0.717, 1.165) is 41.5 Å². The van der Waals surface area contributed by atoms with Gasteiger partial charge in [-0.2, -0.15) is 0 Å². The molecule has 3 rings (SSSR count). The predicted molar refractivity (Wildman–Crippen MR) is 92.2 cm³/mol. The Labute approximate surface area is 137 Å². The molecule has 0 spiro atoms. The number of hydrogen-bond acceptors (Lipinski definition) is 4. The topological polar surface area (TPSA) is 45.4 Å². The highest BCUT2D eigenvalue weighted by molar-refractivity contribution is 9.10. The molecule has 1 fully saturated rings. The van der Waals surface area contributed by atoms with Crippen molar-refractivity contribution < 1.29 is 0 Å². The number of anilines is 3. The number of benzene rings is 1. The zero-order chi connectivity index (χ0) is 14.8. The number of nitrogens with two attached hydrogens (primary N) is 1. The maximum absolute atomic E-state index is 6.06. The van der Waals surface area contributed by atoms with Crippen molar-refractivity contribution in [1.82, 2.24) is 4.98 Å². The lowest BCUT2D eigenvalue weighted by Gasteiger charge is -2.37.